The zero-order valence-electron chi connectivity index (χ0n) is 16.9. The Morgan fingerprint density at radius 2 is 1.81 bits per heavy atom. The lowest BCUT2D eigenvalue weighted by Crippen LogP contribution is -2.47. The highest BCUT2D eigenvalue weighted by molar-refractivity contribution is 5.94. The molecule has 0 bridgehead atoms. The van der Waals surface area contributed by atoms with Crippen LogP contribution in [0.25, 0.3) is 0 Å². The van der Waals surface area contributed by atoms with E-state index >= 15 is 0 Å². The summed E-state index contributed by atoms with van der Waals surface area (Å²) >= 11 is 0. The van der Waals surface area contributed by atoms with Gasteiger partial charge in [-0.15, -0.1) is 24.8 Å². The summed E-state index contributed by atoms with van der Waals surface area (Å²) in [6.45, 7) is 8.72. The van der Waals surface area contributed by atoms with Crippen molar-refractivity contribution in [1.82, 2.24) is 10.6 Å². The molecule has 0 aromatic heterocycles. The molecular formula is C20H35Cl2N3O2. The number of halogens is 2. The predicted molar refractivity (Wildman–Crippen MR) is 118 cm³/mol. The van der Waals surface area contributed by atoms with Crippen molar-refractivity contribution in [3.8, 4) is 0 Å². The zero-order valence-corrected chi connectivity index (χ0v) is 18.5. The van der Waals surface area contributed by atoms with E-state index in [1.807, 2.05) is 24.3 Å². The molecule has 1 amide bonds. The quantitative estimate of drug-likeness (QED) is 0.677. The summed E-state index contributed by atoms with van der Waals surface area (Å²) in [6, 6.07) is 7.86. The standard InChI is InChI=1S/C20H33N3O2.2ClH/c1-16(2)13-23(3)18-7-5-17(6-8-18)19(24)22-14-20(15-25-4)9-11-21-12-10-20;;/h5-8,16,21H,9-15H2,1-4H3,(H,22,24);2*1H. The van der Waals surface area contributed by atoms with E-state index in [1.54, 1.807) is 7.11 Å². The minimum Gasteiger partial charge on any atom is -0.384 e. The largest absolute Gasteiger partial charge is 0.384 e. The molecule has 0 radical (unpaired) electrons. The van der Waals surface area contributed by atoms with Crippen LogP contribution in [0.1, 0.15) is 37.0 Å². The number of hydrogen-bond donors (Lipinski definition) is 2. The first-order valence-electron chi connectivity index (χ1n) is 9.25. The maximum Gasteiger partial charge on any atom is 0.251 e. The lowest BCUT2D eigenvalue weighted by atomic mass is 9.79. The molecule has 0 unspecified atom stereocenters. The summed E-state index contributed by atoms with van der Waals surface area (Å²) < 4.78 is 5.41. The number of carbonyl (C=O) groups excluding carboxylic acids is 1. The van der Waals surface area contributed by atoms with Gasteiger partial charge in [-0.2, -0.15) is 0 Å². The Balaban J connectivity index is 0.00000338. The van der Waals surface area contributed by atoms with Crippen molar-refractivity contribution in [1.29, 1.82) is 0 Å². The fourth-order valence-electron chi connectivity index (χ4n) is 3.53. The third-order valence-corrected chi connectivity index (χ3v) is 4.95. The normalized spacial score (nSPS) is 15.4. The molecule has 0 saturated carbocycles. The smallest absolute Gasteiger partial charge is 0.251 e. The summed E-state index contributed by atoms with van der Waals surface area (Å²) in [6.07, 6.45) is 2.06. The number of rotatable bonds is 8. The fourth-order valence-corrected chi connectivity index (χ4v) is 3.53. The Labute approximate surface area is 176 Å². The number of carbonyl (C=O) groups is 1. The van der Waals surface area contributed by atoms with Crippen LogP contribution in [0.3, 0.4) is 0 Å². The van der Waals surface area contributed by atoms with Crippen LogP contribution < -0.4 is 15.5 Å². The number of ether oxygens (including phenoxy) is 1. The van der Waals surface area contributed by atoms with Gasteiger partial charge in [0.15, 0.2) is 0 Å². The lowest BCUT2D eigenvalue weighted by molar-refractivity contribution is 0.0512. The molecule has 1 heterocycles. The number of nitrogens with one attached hydrogen (secondary N) is 2. The Hall–Kier alpha value is -1.01. The average Bonchev–Trinajstić information content (AvgIpc) is 2.60. The molecule has 1 saturated heterocycles. The second-order valence-corrected chi connectivity index (χ2v) is 7.69. The molecule has 1 aliphatic rings. The van der Waals surface area contributed by atoms with Gasteiger partial charge in [0.05, 0.1) is 6.61 Å². The molecule has 27 heavy (non-hydrogen) atoms. The van der Waals surface area contributed by atoms with Gasteiger partial charge in [0.25, 0.3) is 5.91 Å². The van der Waals surface area contributed by atoms with Gasteiger partial charge in [-0.3, -0.25) is 4.79 Å². The number of hydrogen-bond acceptors (Lipinski definition) is 4. The summed E-state index contributed by atoms with van der Waals surface area (Å²) in [4.78, 5) is 14.7. The maximum absolute atomic E-state index is 12.5. The van der Waals surface area contributed by atoms with Crippen molar-refractivity contribution >= 4 is 36.4 Å². The van der Waals surface area contributed by atoms with E-state index in [0.29, 0.717) is 24.6 Å². The third-order valence-electron chi connectivity index (χ3n) is 4.95. The highest BCUT2D eigenvalue weighted by atomic mass is 35.5. The SMILES string of the molecule is COCC1(CNC(=O)c2ccc(N(C)CC(C)C)cc2)CCNCC1.Cl.Cl. The van der Waals surface area contributed by atoms with E-state index in [-0.39, 0.29) is 36.1 Å². The van der Waals surface area contributed by atoms with Crippen molar-refractivity contribution in [2.45, 2.75) is 26.7 Å². The van der Waals surface area contributed by atoms with Gasteiger partial charge in [0, 0.05) is 43.9 Å². The Bertz CT molecular complexity index is 541. The van der Waals surface area contributed by atoms with E-state index in [9.17, 15) is 4.79 Å². The van der Waals surface area contributed by atoms with Crippen LogP contribution in [-0.2, 0) is 4.74 Å². The number of amides is 1. The van der Waals surface area contributed by atoms with Crippen LogP contribution in [0.15, 0.2) is 24.3 Å². The van der Waals surface area contributed by atoms with Gasteiger partial charge in [-0.1, -0.05) is 13.8 Å². The molecule has 156 valence electrons. The van der Waals surface area contributed by atoms with Crippen molar-refractivity contribution < 1.29 is 9.53 Å². The first-order valence-corrected chi connectivity index (χ1v) is 9.25. The molecule has 1 fully saturated rings. The van der Waals surface area contributed by atoms with Crippen LogP contribution in [-0.4, -0.2) is 52.9 Å². The molecule has 5 nitrogen and oxygen atoms in total. The molecule has 2 N–H and O–H groups in total. The Morgan fingerprint density at radius 1 is 1.22 bits per heavy atom. The molecule has 1 aromatic carbocycles. The topological polar surface area (TPSA) is 53.6 Å². The van der Waals surface area contributed by atoms with Gasteiger partial charge < -0.3 is 20.3 Å². The molecule has 7 heteroatoms. The van der Waals surface area contributed by atoms with Crippen molar-refractivity contribution in [3.63, 3.8) is 0 Å². The Kier molecular flexibility index (Phi) is 12.0. The van der Waals surface area contributed by atoms with Gasteiger partial charge in [-0.25, -0.2) is 0 Å². The van der Waals surface area contributed by atoms with Crippen LogP contribution in [0.4, 0.5) is 5.69 Å². The van der Waals surface area contributed by atoms with E-state index in [2.05, 4.69) is 36.4 Å². The van der Waals surface area contributed by atoms with Crippen molar-refractivity contribution in [2.75, 3.05) is 51.8 Å². The minimum atomic E-state index is -0.00734. The third kappa shape index (κ3) is 7.86. The summed E-state index contributed by atoms with van der Waals surface area (Å²) in [5, 5.41) is 6.49. The zero-order chi connectivity index (χ0) is 18.3. The number of benzene rings is 1. The highest BCUT2D eigenvalue weighted by Crippen LogP contribution is 2.28. The van der Waals surface area contributed by atoms with Crippen LogP contribution in [0.5, 0.6) is 0 Å². The minimum absolute atomic E-state index is 0. The number of nitrogens with zero attached hydrogens (tertiary/aromatic N) is 1. The van der Waals surface area contributed by atoms with Gasteiger partial charge >= 0.3 is 0 Å². The van der Waals surface area contributed by atoms with E-state index in [4.69, 9.17) is 4.74 Å². The number of piperidine rings is 1. The van der Waals surface area contributed by atoms with Crippen LogP contribution in [0, 0.1) is 11.3 Å². The highest BCUT2D eigenvalue weighted by Gasteiger charge is 2.32. The molecular weight excluding hydrogens is 385 g/mol. The van der Waals surface area contributed by atoms with Crippen molar-refractivity contribution in [3.05, 3.63) is 29.8 Å². The molecule has 1 aromatic rings. The van der Waals surface area contributed by atoms with Gasteiger partial charge in [0.1, 0.15) is 0 Å². The number of methoxy groups -OCH3 is 1. The van der Waals surface area contributed by atoms with Crippen molar-refractivity contribution in [2.24, 2.45) is 11.3 Å². The molecule has 0 aliphatic carbocycles. The van der Waals surface area contributed by atoms with Gasteiger partial charge in [0.2, 0.25) is 0 Å². The maximum atomic E-state index is 12.5. The predicted octanol–water partition coefficient (Wildman–Crippen LogP) is 3.37. The summed E-state index contributed by atoms with van der Waals surface area (Å²) in [5.41, 5.74) is 1.90. The first-order chi connectivity index (χ1) is 12.0. The molecule has 0 atom stereocenters. The van der Waals surface area contributed by atoms with E-state index < -0.39 is 0 Å². The average molecular weight is 420 g/mol. The van der Waals surface area contributed by atoms with E-state index in [1.165, 1.54) is 0 Å². The second kappa shape index (κ2) is 12.4. The van der Waals surface area contributed by atoms with Crippen LogP contribution >= 0.6 is 24.8 Å². The molecule has 0 spiro atoms. The lowest BCUT2D eigenvalue weighted by Gasteiger charge is -2.37. The second-order valence-electron chi connectivity index (χ2n) is 7.69. The fraction of sp³-hybridized carbons (Fsp3) is 0.650. The Morgan fingerprint density at radius 3 is 2.33 bits per heavy atom. The van der Waals surface area contributed by atoms with Crippen LogP contribution in [0.2, 0.25) is 0 Å². The summed E-state index contributed by atoms with van der Waals surface area (Å²) in [7, 11) is 3.82. The van der Waals surface area contributed by atoms with E-state index in [0.717, 1.165) is 38.2 Å². The molecule has 2 rings (SSSR count). The molecule has 1 aliphatic heterocycles. The van der Waals surface area contributed by atoms with Gasteiger partial charge in [-0.05, 0) is 56.1 Å². The monoisotopic (exact) mass is 419 g/mol. The first kappa shape index (κ1) is 26.0. The summed E-state index contributed by atoms with van der Waals surface area (Å²) in [5.74, 6) is 0.599. The number of anilines is 1.